The molecule has 41 heavy (non-hydrogen) atoms. The van der Waals surface area contributed by atoms with E-state index in [9.17, 15) is 14.4 Å². The highest BCUT2D eigenvalue weighted by Gasteiger charge is 2.35. The molecular weight excluding hydrogens is 630 g/mol. The summed E-state index contributed by atoms with van der Waals surface area (Å²) in [5.74, 6) is 0.565. The van der Waals surface area contributed by atoms with Crippen molar-refractivity contribution in [2.75, 3.05) is 19.8 Å². The molecule has 1 heterocycles. The van der Waals surface area contributed by atoms with E-state index in [1.807, 2.05) is 25.1 Å². The first-order chi connectivity index (χ1) is 19.6. The molecule has 0 N–H and O–H groups in total. The first-order valence-corrected chi connectivity index (χ1v) is 15.0. The molecule has 0 bridgehead atoms. The van der Waals surface area contributed by atoms with Gasteiger partial charge in [0.25, 0.3) is 11.1 Å². The Morgan fingerprint density at radius 1 is 1.05 bits per heavy atom. The van der Waals surface area contributed by atoms with Crippen molar-refractivity contribution in [2.24, 2.45) is 0 Å². The van der Waals surface area contributed by atoms with Crippen LogP contribution in [0.15, 0.2) is 64.0 Å². The molecule has 0 aromatic heterocycles. The van der Waals surface area contributed by atoms with Crippen LogP contribution in [-0.2, 0) is 4.79 Å². The number of carbonyl (C=O) groups is 3. The Bertz CT molecular complexity index is 1510. The molecule has 0 radical (unpaired) electrons. The normalized spacial score (nSPS) is 14.2. The smallest absolute Gasteiger partial charge is 0.343 e. The Balaban J connectivity index is 1.49. The number of carbonyl (C=O) groups excluding carboxylic acids is 3. The van der Waals surface area contributed by atoms with E-state index in [0.717, 1.165) is 28.6 Å². The molecule has 0 saturated carbocycles. The van der Waals surface area contributed by atoms with Crippen LogP contribution in [0.2, 0.25) is 5.02 Å². The molecule has 2 amide bonds. The van der Waals surface area contributed by atoms with E-state index in [0.29, 0.717) is 33.0 Å². The van der Waals surface area contributed by atoms with E-state index >= 15 is 0 Å². The van der Waals surface area contributed by atoms with Gasteiger partial charge in [0.05, 0.1) is 28.1 Å². The molecule has 0 unspecified atom stereocenters. The molecule has 3 aromatic carbocycles. The minimum absolute atomic E-state index is 0.126. The van der Waals surface area contributed by atoms with Crippen LogP contribution >= 0.6 is 39.3 Å². The van der Waals surface area contributed by atoms with Gasteiger partial charge in [-0.2, -0.15) is 0 Å². The molecule has 0 spiro atoms. The molecule has 3 aromatic rings. The van der Waals surface area contributed by atoms with Crippen LogP contribution < -0.4 is 14.2 Å². The molecule has 1 saturated heterocycles. The van der Waals surface area contributed by atoms with Crippen LogP contribution in [0.25, 0.3) is 6.08 Å². The highest BCUT2D eigenvalue weighted by molar-refractivity contribution is 9.10. The van der Waals surface area contributed by atoms with Gasteiger partial charge in [-0.1, -0.05) is 37.6 Å². The van der Waals surface area contributed by atoms with Gasteiger partial charge in [0.1, 0.15) is 12.4 Å². The van der Waals surface area contributed by atoms with Crippen LogP contribution in [-0.4, -0.2) is 41.8 Å². The summed E-state index contributed by atoms with van der Waals surface area (Å²) < 4.78 is 17.8. The van der Waals surface area contributed by atoms with Gasteiger partial charge in [0.2, 0.25) is 0 Å². The highest BCUT2D eigenvalue weighted by Crippen LogP contribution is 2.40. The maximum atomic E-state index is 13.1. The number of thioether (sulfide) groups is 1. The lowest BCUT2D eigenvalue weighted by Crippen LogP contribution is -2.32. The third kappa shape index (κ3) is 7.52. The van der Waals surface area contributed by atoms with E-state index in [-0.39, 0.29) is 35.0 Å². The number of esters is 1. The Hall–Kier alpha value is -3.27. The number of benzene rings is 3. The van der Waals surface area contributed by atoms with Gasteiger partial charge < -0.3 is 14.2 Å². The number of aryl methyl sites for hydroxylation is 1. The van der Waals surface area contributed by atoms with Gasteiger partial charge in [-0.15, -0.1) is 0 Å². The minimum atomic E-state index is -0.578. The zero-order valence-electron chi connectivity index (χ0n) is 23.0. The fraction of sp³-hybridized carbons (Fsp3) is 0.258. The van der Waals surface area contributed by atoms with Gasteiger partial charge in [-0.25, -0.2) is 4.79 Å². The first-order valence-electron chi connectivity index (χ1n) is 13.0. The molecular formula is C31H29BrClNO6S. The predicted molar refractivity (Wildman–Crippen MR) is 165 cm³/mol. The van der Waals surface area contributed by atoms with Gasteiger partial charge >= 0.3 is 5.97 Å². The number of halogens is 2. The van der Waals surface area contributed by atoms with E-state index in [4.69, 9.17) is 25.8 Å². The second-order valence-electron chi connectivity index (χ2n) is 9.54. The van der Waals surface area contributed by atoms with Crippen molar-refractivity contribution in [3.8, 4) is 17.2 Å². The molecule has 1 aliphatic rings. The van der Waals surface area contributed by atoms with Gasteiger partial charge in [0, 0.05) is 5.02 Å². The van der Waals surface area contributed by atoms with Gasteiger partial charge in [-0.05, 0) is 113 Å². The van der Waals surface area contributed by atoms with Crippen LogP contribution in [0.3, 0.4) is 0 Å². The third-order valence-electron chi connectivity index (χ3n) is 6.14. The molecule has 7 nitrogen and oxygen atoms in total. The van der Waals surface area contributed by atoms with Crippen molar-refractivity contribution in [2.45, 2.75) is 33.6 Å². The minimum Gasteiger partial charge on any atom is -0.491 e. The first kappa shape index (κ1) is 30.7. The van der Waals surface area contributed by atoms with E-state index < -0.39 is 11.9 Å². The lowest BCUT2D eigenvalue weighted by molar-refractivity contribution is -0.123. The molecule has 10 heteroatoms. The van der Waals surface area contributed by atoms with Crippen molar-refractivity contribution in [1.29, 1.82) is 0 Å². The Labute approximate surface area is 256 Å². The average Bonchev–Trinajstić information content (AvgIpc) is 3.18. The summed E-state index contributed by atoms with van der Waals surface area (Å²) in [6, 6.07) is 15.7. The molecule has 0 atom stereocenters. The summed E-state index contributed by atoms with van der Waals surface area (Å²) in [6.45, 7) is 8.60. The maximum absolute atomic E-state index is 13.1. The Morgan fingerprint density at radius 3 is 2.46 bits per heavy atom. The summed E-state index contributed by atoms with van der Waals surface area (Å²) in [6.07, 6.45) is 1.61. The fourth-order valence-corrected chi connectivity index (χ4v) is 5.64. The second kappa shape index (κ2) is 13.6. The summed E-state index contributed by atoms with van der Waals surface area (Å²) in [5, 5.41) is 0.140. The summed E-state index contributed by atoms with van der Waals surface area (Å²) in [4.78, 5) is 40.0. The lowest BCUT2D eigenvalue weighted by Gasteiger charge is -2.17. The molecule has 1 aliphatic heterocycles. The number of amides is 2. The average molecular weight is 659 g/mol. The topological polar surface area (TPSA) is 82.1 Å². The third-order valence-corrected chi connectivity index (χ3v) is 7.89. The van der Waals surface area contributed by atoms with Crippen LogP contribution in [0.5, 0.6) is 17.2 Å². The van der Waals surface area contributed by atoms with Crippen molar-refractivity contribution < 1.29 is 28.6 Å². The summed E-state index contributed by atoms with van der Waals surface area (Å²) in [7, 11) is 0. The SMILES string of the molecule is CCOc1cc(/C=C2\SC(=O)N(CCOc3cc(C)ccc3C(C)C)C2=O)cc(Br)c1OC(=O)c1ccc(Cl)cc1. The molecule has 0 aliphatic carbocycles. The highest BCUT2D eigenvalue weighted by atomic mass is 79.9. The quantitative estimate of drug-likeness (QED) is 0.123. The van der Waals surface area contributed by atoms with E-state index in [1.54, 1.807) is 49.4 Å². The van der Waals surface area contributed by atoms with E-state index in [2.05, 4.69) is 29.8 Å². The zero-order chi connectivity index (χ0) is 29.7. The summed E-state index contributed by atoms with van der Waals surface area (Å²) in [5.41, 5.74) is 3.06. The number of hydrogen-bond donors (Lipinski definition) is 0. The van der Waals surface area contributed by atoms with Crippen LogP contribution in [0.1, 0.15) is 53.7 Å². The lowest BCUT2D eigenvalue weighted by atomic mass is 10.0. The standard InChI is InChI=1S/C31H29BrClNO6S/c1-5-38-26-16-20(15-24(32)28(26)40-30(36)21-7-9-22(33)10-8-21)17-27-29(35)34(31(37)41-27)12-13-39-25-14-19(4)6-11-23(25)18(2)3/h6-11,14-18H,5,12-13H2,1-4H3/b27-17-. The zero-order valence-corrected chi connectivity index (χ0v) is 26.2. The second-order valence-corrected chi connectivity index (χ2v) is 11.8. The van der Waals surface area contributed by atoms with Crippen molar-refractivity contribution in [3.63, 3.8) is 0 Å². The monoisotopic (exact) mass is 657 g/mol. The van der Waals surface area contributed by atoms with Gasteiger partial charge in [0.15, 0.2) is 11.5 Å². The van der Waals surface area contributed by atoms with Crippen molar-refractivity contribution >= 4 is 62.5 Å². The molecule has 214 valence electrons. The molecule has 4 rings (SSSR count). The predicted octanol–water partition coefficient (Wildman–Crippen LogP) is 8.27. The number of rotatable bonds is 10. The van der Waals surface area contributed by atoms with Crippen molar-refractivity contribution in [1.82, 2.24) is 4.90 Å². The van der Waals surface area contributed by atoms with Crippen LogP contribution in [0.4, 0.5) is 4.79 Å². The fourth-order valence-electron chi connectivity index (χ4n) is 4.11. The van der Waals surface area contributed by atoms with E-state index in [1.165, 1.54) is 4.90 Å². The Kier molecular flexibility index (Phi) is 10.2. The number of imide groups is 1. The number of ether oxygens (including phenoxy) is 3. The number of hydrogen-bond acceptors (Lipinski definition) is 7. The van der Waals surface area contributed by atoms with Crippen molar-refractivity contribution in [3.05, 3.63) is 91.3 Å². The number of nitrogens with zero attached hydrogens (tertiary/aromatic N) is 1. The maximum Gasteiger partial charge on any atom is 0.343 e. The Morgan fingerprint density at radius 2 is 1.78 bits per heavy atom. The van der Waals surface area contributed by atoms with Gasteiger partial charge in [-0.3, -0.25) is 14.5 Å². The molecule has 1 fully saturated rings. The van der Waals surface area contributed by atoms with Crippen LogP contribution in [0, 0.1) is 6.92 Å². The summed E-state index contributed by atoms with van der Waals surface area (Å²) >= 11 is 10.2. The largest absolute Gasteiger partial charge is 0.491 e.